The fraction of sp³-hybridized carbons (Fsp3) is 0.0952. The molecule has 8 heteroatoms. The number of benzodiazepines with no additional fused rings is 1. The Labute approximate surface area is 165 Å². The minimum atomic E-state index is -1.21. The van der Waals surface area contributed by atoms with Crippen molar-refractivity contribution in [3.63, 3.8) is 0 Å². The number of aliphatic imine (C=N–C) groups is 1. The first-order chi connectivity index (χ1) is 14.1. The summed E-state index contributed by atoms with van der Waals surface area (Å²) in [4.78, 5) is 29.4. The lowest BCUT2D eigenvalue weighted by atomic mass is 10.0. The van der Waals surface area contributed by atoms with Crippen molar-refractivity contribution in [2.24, 2.45) is 4.99 Å². The lowest BCUT2D eigenvalue weighted by Gasteiger charge is -2.12. The number of rotatable bonds is 4. The number of hydrogen-bond acceptors (Lipinski definition) is 6. The Hall–Kier alpha value is -3.91. The standard InChI is InChI=1S/C21H17N3O5/c25-12-14-10-11-17(28-14)29-21(27)24-19-20(26)22-16-9-5-4-8-15(16)18(23-19)13-6-2-1-3-7-13/h1-11,19,25H,12H2,(H,22,26)(H,24,27)/t19-/m1/s1. The highest BCUT2D eigenvalue weighted by Gasteiger charge is 2.27. The number of aliphatic hydroxyl groups is 1. The molecule has 0 unspecified atom stereocenters. The van der Waals surface area contributed by atoms with Crippen LogP contribution in [0.25, 0.3) is 0 Å². The monoisotopic (exact) mass is 391 g/mol. The second-order valence-corrected chi connectivity index (χ2v) is 6.19. The number of nitrogens with one attached hydrogen (secondary N) is 2. The van der Waals surface area contributed by atoms with Gasteiger partial charge in [0.2, 0.25) is 6.17 Å². The molecule has 1 aromatic heterocycles. The number of carbonyl (C=O) groups excluding carboxylic acids is 2. The molecule has 1 atom stereocenters. The molecule has 2 aromatic carbocycles. The van der Waals surface area contributed by atoms with Gasteiger partial charge in [0.05, 0.1) is 11.4 Å². The van der Waals surface area contributed by atoms with Gasteiger partial charge in [-0.2, -0.15) is 0 Å². The average molecular weight is 391 g/mol. The summed E-state index contributed by atoms with van der Waals surface area (Å²) in [6.45, 7) is -0.320. The molecule has 3 N–H and O–H groups in total. The van der Waals surface area contributed by atoms with Crippen LogP contribution in [0.1, 0.15) is 16.9 Å². The van der Waals surface area contributed by atoms with Gasteiger partial charge in [0.1, 0.15) is 12.4 Å². The molecular weight excluding hydrogens is 374 g/mol. The molecule has 0 fully saturated rings. The van der Waals surface area contributed by atoms with E-state index >= 15 is 0 Å². The number of aliphatic hydroxyl groups excluding tert-OH is 1. The molecule has 0 saturated carbocycles. The van der Waals surface area contributed by atoms with Gasteiger partial charge in [-0.15, -0.1) is 0 Å². The zero-order chi connectivity index (χ0) is 20.2. The van der Waals surface area contributed by atoms with Crippen molar-refractivity contribution in [2.75, 3.05) is 5.32 Å². The predicted octanol–water partition coefficient (Wildman–Crippen LogP) is 2.68. The number of hydrogen-bond donors (Lipinski definition) is 3. The minimum absolute atomic E-state index is 0.101. The molecular formula is C21H17N3O5. The van der Waals surface area contributed by atoms with Crippen molar-refractivity contribution in [1.29, 1.82) is 0 Å². The lowest BCUT2D eigenvalue weighted by molar-refractivity contribution is -0.117. The average Bonchev–Trinajstić information content (AvgIpc) is 3.14. The number of amides is 2. The van der Waals surface area contributed by atoms with E-state index in [-0.39, 0.29) is 18.3 Å². The van der Waals surface area contributed by atoms with E-state index in [0.717, 1.165) is 11.1 Å². The molecule has 1 aliphatic rings. The van der Waals surface area contributed by atoms with E-state index in [4.69, 9.17) is 14.3 Å². The fourth-order valence-electron chi connectivity index (χ4n) is 2.91. The van der Waals surface area contributed by atoms with Gasteiger partial charge < -0.3 is 19.6 Å². The van der Waals surface area contributed by atoms with E-state index in [1.807, 2.05) is 42.5 Å². The number of furan rings is 1. The van der Waals surface area contributed by atoms with Gasteiger partial charge in [0.15, 0.2) is 0 Å². The third-order valence-electron chi connectivity index (χ3n) is 4.23. The second kappa shape index (κ2) is 7.99. The van der Waals surface area contributed by atoms with E-state index in [9.17, 15) is 9.59 Å². The van der Waals surface area contributed by atoms with Gasteiger partial charge in [-0.3, -0.25) is 10.1 Å². The number of anilines is 1. The number of fused-ring (bicyclic) bond motifs is 1. The summed E-state index contributed by atoms with van der Waals surface area (Å²) in [5, 5.41) is 14.2. The van der Waals surface area contributed by atoms with Crippen molar-refractivity contribution in [1.82, 2.24) is 5.32 Å². The van der Waals surface area contributed by atoms with Gasteiger partial charge in [0, 0.05) is 17.2 Å². The summed E-state index contributed by atoms with van der Waals surface area (Å²) in [5.41, 5.74) is 2.69. The number of nitrogens with zero attached hydrogens (tertiary/aromatic N) is 1. The van der Waals surface area contributed by atoms with Gasteiger partial charge >= 0.3 is 6.09 Å². The molecule has 3 aromatic rings. The SMILES string of the molecule is O=C(N[C@H]1N=C(c2ccccc2)c2ccccc2NC1=O)Oc1ccc(CO)o1. The number of ether oxygens (including phenoxy) is 1. The molecule has 2 heterocycles. The molecule has 29 heavy (non-hydrogen) atoms. The van der Waals surface area contributed by atoms with Crippen LogP contribution in [0.15, 0.2) is 76.1 Å². The van der Waals surface area contributed by atoms with Crippen LogP contribution in [-0.4, -0.2) is 29.0 Å². The minimum Gasteiger partial charge on any atom is -0.428 e. The molecule has 0 bridgehead atoms. The van der Waals surface area contributed by atoms with E-state index in [1.54, 1.807) is 12.1 Å². The smallest absolute Gasteiger partial charge is 0.417 e. The van der Waals surface area contributed by atoms with Gasteiger partial charge in [-0.1, -0.05) is 48.5 Å². The van der Waals surface area contributed by atoms with Crippen molar-refractivity contribution < 1.29 is 23.8 Å². The first-order valence-electron chi connectivity index (χ1n) is 8.85. The van der Waals surface area contributed by atoms with Crippen LogP contribution in [0.5, 0.6) is 5.95 Å². The number of carbonyl (C=O) groups is 2. The maximum Gasteiger partial charge on any atom is 0.417 e. The summed E-state index contributed by atoms with van der Waals surface area (Å²) >= 11 is 0. The molecule has 2 amide bonds. The maximum atomic E-state index is 12.6. The Balaban J connectivity index is 1.62. The van der Waals surface area contributed by atoms with Crippen molar-refractivity contribution >= 4 is 23.4 Å². The maximum absolute atomic E-state index is 12.6. The van der Waals surface area contributed by atoms with Crippen LogP contribution in [0.3, 0.4) is 0 Å². The van der Waals surface area contributed by atoms with Crippen LogP contribution in [0.4, 0.5) is 10.5 Å². The van der Waals surface area contributed by atoms with Crippen LogP contribution >= 0.6 is 0 Å². The van der Waals surface area contributed by atoms with Crippen molar-refractivity contribution in [2.45, 2.75) is 12.8 Å². The topological polar surface area (TPSA) is 113 Å². The Morgan fingerprint density at radius 1 is 1.10 bits per heavy atom. The van der Waals surface area contributed by atoms with Gasteiger partial charge in [0.25, 0.3) is 11.9 Å². The molecule has 8 nitrogen and oxygen atoms in total. The summed E-state index contributed by atoms with van der Waals surface area (Å²) in [5.74, 6) is -0.355. The first-order valence-corrected chi connectivity index (χ1v) is 8.85. The number of para-hydroxylation sites is 1. The molecule has 0 spiro atoms. The van der Waals surface area contributed by atoms with Crippen LogP contribution in [0, 0.1) is 0 Å². The molecule has 146 valence electrons. The van der Waals surface area contributed by atoms with Crippen LogP contribution < -0.4 is 15.4 Å². The van der Waals surface area contributed by atoms with Gasteiger partial charge in [-0.05, 0) is 12.1 Å². The lowest BCUT2D eigenvalue weighted by Crippen LogP contribution is -2.43. The molecule has 0 saturated heterocycles. The van der Waals surface area contributed by atoms with E-state index in [2.05, 4.69) is 15.6 Å². The zero-order valence-corrected chi connectivity index (χ0v) is 15.2. The Morgan fingerprint density at radius 3 is 2.62 bits per heavy atom. The normalized spacial score (nSPS) is 15.6. The molecule has 0 aliphatic carbocycles. The predicted molar refractivity (Wildman–Crippen MR) is 105 cm³/mol. The van der Waals surface area contributed by atoms with E-state index < -0.39 is 18.2 Å². The molecule has 4 rings (SSSR count). The third-order valence-corrected chi connectivity index (χ3v) is 4.23. The first kappa shape index (κ1) is 18.5. The Kier molecular flexibility index (Phi) is 5.08. The largest absolute Gasteiger partial charge is 0.428 e. The highest BCUT2D eigenvalue weighted by molar-refractivity contribution is 6.19. The van der Waals surface area contributed by atoms with Crippen LogP contribution in [-0.2, 0) is 11.4 Å². The molecule has 1 aliphatic heterocycles. The fourth-order valence-corrected chi connectivity index (χ4v) is 2.91. The summed E-state index contributed by atoms with van der Waals surface area (Å²) in [6, 6.07) is 19.5. The van der Waals surface area contributed by atoms with E-state index in [1.165, 1.54) is 12.1 Å². The highest BCUT2D eigenvalue weighted by atomic mass is 16.6. The third kappa shape index (κ3) is 4.02. The number of benzene rings is 2. The summed E-state index contributed by atoms with van der Waals surface area (Å²) in [6.07, 6.45) is -2.12. The highest BCUT2D eigenvalue weighted by Crippen LogP contribution is 2.24. The zero-order valence-electron chi connectivity index (χ0n) is 15.2. The Bertz CT molecular complexity index is 1070. The quantitative estimate of drug-likeness (QED) is 0.633. The second-order valence-electron chi connectivity index (χ2n) is 6.19. The van der Waals surface area contributed by atoms with Crippen LogP contribution in [0.2, 0.25) is 0 Å². The summed E-state index contributed by atoms with van der Waals surface area (Å²) < 4.78 is 10.1. The molecule has 0 radical (unpaired) electrons. The Morgan fingerprint density at radius 2 is 1.86 bits per heavy atom. The van der Waals surface area contributed by atoms with Crippen molar-refractivity contribution in [3.8, 4) is 5.95 Å². The van der Waals surface area contributed by atoms with E-state index in [0.29, 0.717) is 11.4 Å². The van der Waals surface area contributed by atoms with Crippen molar-refractivity contribution in [3.05, 3.63) is 83.6 Å². The summed E-state index contributed by atoms with van der Waals surface area (Å²) in [7, 11) is 0. The van der Waals surface area contributed by atoms with Gasteiger partial charge in [-0.25, -0.2) is 9.79 Å².